The number of hydrogen-bond donors (Lipinski definition) is 1. The van der Waals surface area contributed by atoms with Crippen molar-refractivity contribution in [1.29, 1.82) is 0 Å². The Hall–Kier alpha value is -0.720. The molecule has 0 amide bonds. The first-order chi connectivity index (χ1) is 5.18. The van der Waals surface area contributed by atoms with E-state index in [1.807, 2.05) is 6.08 Å². The summed E-state index contributed by atoms with van der Waals surface area (Å²) in [6, 6.07) is 0. The fraction of sp³-hybridized carbons (Fsp3) is 0.600. The van der Waals surface area contributed by atoms with Crippen molar-refractivity contribution < 1.29 is 5.11 Å². The summed E-state index contributed by atoms with van der Waals surface area (Å²) in [5, 5.41) is 9.21. The maximum atomic E-state index is 9.21. The van der Waals surface area contributed by atoms with Crippen molar-refractivity contribution >= 4 is 0 Å². The molecule has 0 aromatic carbocycles. The number of allylic oxidation sites excluding steroid dienone is 4. The lowest BCUT2D eigenvalue weighted by Gasteiger charge is -2.11. The van der Waals surface area contributed by atoms with Crippen LogP contribution in [-0.4, -0.2) is 5.11 Å². The Balaban J connectivity index is 2.52. The molecule has 0 fully saturated rings. The van der Waals surface area contributed by atoms with E-state index in [2.05, 4.69) is 19.9 Å². The number of aliphatic hydroxyl groups excluding tert-OH is 1. The molecule has 0 atom stereocenters. The van der Waals surface area contributed by atoms with Crippen LogP contribution < -0.4 is 0 Å². The largest absolute Gasteiger partial charge is 0.512 e. The second-order valence-corrected chi connectivity index (χ2v) is 3.55. The van der Waals surface area contributed by atoms with Gasteiger partial charge < -0.3 is 5.11 Å². The lowest BCUT2D eigenvalue weighted by Crippen LogP contribution is -1.95. The van der Waals surface area contributed by atoms with Crippen LogP contribution in [0.1, 0.15) is 33.1 Å². The SMILES string of the molecule is CC(C)CC1=CCCC(O)=C1. The minimum Gasteiger partial charge on any atom is -0.512 e. The Labute approximate surface area is 68.4 Å². The molecule has 0 saturated heterocycles. The molecule has 0 bridgehead atoms. The quantitative estimate of drug-likeness (QED) is 0.644. The van der Waals surface area contributed by atoms with Crippen molar-refractivity contribution in [3.8, 4) is 0 Å². The molecule has 62 valence electrons. The highest BCUT2D eigenvalue weighted by atomic mass is 16.3. The fourth-order valence-electron chi connectivity index (χ4n) is 1.36. The van der Waals surface area contributed by atoms with Gasteiger partial charge in [0.05, 0.1) is 5.76 Å². The van der Waals surface area contributed by atoms with Crippen LogP contribution in [0.5, 0.6) is 0 Å². The molecule has 0 saturated carbocycles. The van der Waals surface area contributed by atoms with Gasteiger partial charge in [-0.15, -0.1) is 0 Å². The maximum absolute atomic E-state index is 9.21. The average Bonchev–Trinajstić information content (AvgIpc) is 1.85. The van der Waals surface area contributed by atoms with E-state index in [9.17, 15) is 5.11 Å². The summed E-state index contributed by atoms with van der Waals surface area (Å²) in [6.07, 6.45) is 7.04. The van der Waals surface area contributed by atoms with Crippen molar-refractivity contribution in [3.63, 3.8) is 0 Å². The third-order valence-corrected chi connectivity index (χ3v) is 1.80. The van der Waals surface area contributed by atoms with Gasteiger partial charge in [-0.05, 0) is 30.4 Å². The Bertz CT molecular complexity index is 187. The van der Waals surface area contributed by atoms with E-state index < -0.39 is 0 Å². The van der Waals surface area contributed by atoms with Crippen LogP contribution in [0.4, 0.5) is 0 Å². The first kappa shape index (κ1) is 8.38. The van der Waals surface area contributed by atoms with Crippen molar-refractivity contribution in [1.82, 2.24) is 0 Å². The first-order valence-electron chi connectivity index (χ1n) is 4.27. The van der Waals surface area contributed by atoms with Crippen LogP contribution >= 0.6 is 0 Å². The highest BCUT2D eigenvalue weighted by molar-refractivity contribution is 5.24. The van der Waals surface area contributed by atoms with Gasteiger partial charge in [0.25, 0.3) is 0 Å². The lowest BCUT2D eigenvalue weighted by atomic mass is 9.97. The summed E-state index contributed by atoms with van der Waals surface area (Å²) in [5.41, 5.74) is 1.30. The molecule has 1 heteroatoms. The predicted molar refractivity (Wildman–Crippen MR) is 47.5 cm³/mol. The summed E-state index contributed by atoms with van der Waals surface area (Å²) < 4.78 is 0. The van der Waals surface area contributed by atoms with Crippen LogP contribution in [0.3, 0.4) is 0 Å². The fourth-order valence-corrected chi connectivity index (χ4v) is 1.36. The van der Waals surface area contributed by atoms with E-state index in [0.717, 1.165) is 19.3 Å². The van der Waals surface area contributed by atoms with Gasteiger partial charge in [0.1, 0.15) is 0 Å². The minimum atomic E-state index is 0.545. The second kappa shape index (κ2) is 3.61. The second-order valence-electron chi connectivity index (χ2n) is 3.55. The molecule has 0 radical (unpaired) electrons. The Morgan fingerprint density at radius 1 is 1.55 bits per heavy atom. The van der Waals surface area contributed by atoms with E-state index in [0.29, 0.717) is 11.7 Å². The first-order valence-corrected chi connectivity index (χ1v) is 4.27. The Kier molecular flexibility index (Phi) is 2.75. The topological polar surface area (TPSA) is 20.2 Å². The predicted octanol–water partition coefficient (Wildman–Crippen LogP) is 3.19. The van der Waals surface area contributed by atoms with Crippen molar-refractivity contribution in [3.05, 3.63) is 23.5 Å². The summed E-state index contributed by atoms with van der Waals surface area (Å²) in [4.78, 5) is 0. The number of rotatable bonds is 2. The molecular weight excluding hydrogens is 136 g/mol. The van der Waals surface area contributed by atoms with Gasteiger partial charge in [0.15, 0.2) is 0 Å². The van der Waals surface area contributed by atoms with Crippen LogP contribution in [0, 0.1) is 5.92 Å². The molecule has 0 spiro atoms. The van der Waals surface area contributed by atoms with Gasteiger partial charge in [0, 0.05) is 6.42 Å². The average molecular weight is 152 g/mol. The molecule has 11 heavy (non-hydrogen) atoms. The molecule has 1 aliphatic rings. The van der Waals surface area contributed by atoms with Gasteiger partial charge >= 0.3 is 0 Å². The van der Waals surface area contributed by atoms with E-state index in [1.54, 1.807) is 0 Å². The minimum absolute atomic E-state index is 0.545. The molecule has 1 nitrogen and oxygen atoms in total. The van der Waals surface area contributed by atoms with Gasteiger partial charge in [-0.3, -0.25) is 0 Å². The Morgan fingerprint density at radius 2 is 2.27 bits per heavy atom. The lowest BCUT2D eigenvalue weighted by molar-refractivity contribution is 0.385. The van der Waals surface area contributed by atoms with Crippen LogP contribution in [0.25, 0.3) is 0 Å². The van der Waals surface area contributed by atoms with Crippen molar-refractivity contribution in [2.75, 3.05) is 0 Å². The van der Waals surface area contributed by atoms with Gasteiger partial charge in [-0.1, -0.05) is 19.9 Å². The molecule has 1 N–H and O–H groups in total. The molecule has 0 aliphatic heterocycles. The van der Waals surface area contributed by atoms with Crippen LogP contribution in [0.2, 0.25) is 0 Å². The highest BCUT2D eigenvalue weighted by Gasteiger charge is 2.04. The van der Waals surface area contributed by atoms with Crippen LogP contribution in [0.15, 0.2) is 23.5 Å². The smallest absolute Gasteiger partial charge is 0.0928 e. The van der Waals surface area contributed by atoms with Gasteiger partial charge in [0.2, 0.25) is 0 Å². The molecule has 0 aromatic heterocycles. The zero-order chi connectivity index (χ0) is 8.27. The van der Waals surface area contributed by atoms with Crippen LogP contribution in [-0.2, 0) is 0 Å². The zero-order valence-corrected chi connectivity index (χ0v) is 7.30. The molecule has 0 aromatic rings. The monoisotopic (exact) mass is 152 g/mol. The summed E-state index contributed by atoms with van der Waals surface area (Å²) in [5.74, 6) is 1.23. The summed E-state index contributed by atoms with van der Waals surface area (Å²) >= 11 is 0. The zero-order valence-electron chi connectivity index (χ0n) is 7.30. The highest BCUT2D eigenvalue weighted by Crippen LogP contribution is 2.20. The summed E-state index contributed by atoms with van der Waals surface area (Å²) in [6.45, 7) is 4.39. The van der Waals surface area contributed by atoms with Gasteiger partial charge in [-0.25, -0.2) is 0 Å². The third kappa shape index (κ3) is 2.79. The van der Waals surface area contributed by atoms with E-state index >= 15 is 0 Å². The molecule has 0 heterocycles. The molecule has 1 rings (SSSR count). The number of aliphatic hydroxyl groups is 1. The van der Waals surface area contributed by atoms with Crippen molar-refractivity contribution in [2.24, 2.45) is 5.92 Å². The van der Waals surface area contributed by atoms with E-state index in [-0.39, 0.29) is 0 Å². The van der Waals surface area contributed by atoms with Crippen molar-refractivity contribution in [2.45, 2.75) is 33.1 Å². The molecule has 1 aliphatic carbocycles. The Morgan fingerprint density at radius 3 is 2.82 bits per heavy atom. The molecule has 0 unspecified atom stereocenters. The van der Waals surface area contributed by atoms with E-state index in [1.165, 1.54) is 5.57 Å². The molecular formula is C10H16O. The maximum Gasteiger partial charge on any atom is 0.0928 e. The normalized spacial score (nSPS) is 18.1. The third-order valence-electron chi connectivity index (χ3n) is 1.80. The standard InChI is InChI=1S/C10H16O/c1-8(2)6-9-4-3-5-10(11)7-9/h4,7-8,11H,3,5-6H2,1-2H3. The number of hydrogen-bond acceptors (Lipinski definition) is 1. The van der Waals surface area contributed by atoms with Gasteiger partial charge in [-0.2, -0.15) is 0 Å². The van der Waals surface area contributed by atoms with E-state index in [4.69, 9.17) is 0 Å². The summed E-state index contributed by atoms with van der Waals surface area (Å²) in [7, 11) is 0.